The van der Waals surface area contributed by atoms with E-state index in [2.05, 4.69) is 35.9 Å². The molecule has 0 spiro atoms. The van der Waals surface area contributed by atoms with Crippen molar-refractivity contribution < 1.29 is 35.9 Å². The summed E-state index contributed by atoms with van der Waals surface area (Å²) in [5.41, 5.74) is 5.14. The second-order valence-corrected chi connectivity index (χ2v) is 7.63. The second-order valence-electron chi connectivity index (χ2n) is 7.63. The maximum atomic E-state index is 5.76. The third kappa shape index (κ3) is 3.87. The number of ether oxygens (including phenoxy) is 4. The molecule has 1 aliphatic heterocycles. The molecule has 0 unspecified atom stereocenters. The van der Waals surface area contributed by atoms with Crippen molar-refractivity contribution >= 4 is 10.8 Å². The van der Waals surface area contributed by atoms with Crippen LogP contribution < -0.4 is 35.9 Å². The van der Waals surface area contributed by atoms with Crippen LogP contribution in [-0.2, 0) is 19.4 Å². The van der Waals surface area contributed by atoms with E-state index in [1.54, 1.807) is 28.4 Å². The first-order chi connectivity index (χ1) is 14.7. The summed E-state index contributed by atoms with van der Waals surface area (Å²) >= 11 is 0. The summed E-state index contributed by atoms with van der Waals surface area (Å²) in [6.07, 6.45) is 6.43. The van der Waals surface area contributed by atoms with E-state index in [0.717, 1.165) is 60.6 Å². The van der Waals surface area contributed by atoms with Gasteiger partial charge in [0.15, 0.2) is 35.7 Å². The predicted molar refractivity (Wildman–Crippen MR) is 118 cm³/mol. The molecule has 0 aliphatic carbocycles. The first kappa shape index (κ1) is 23.0. The van der Waals surface area contributed by atoms with E-state index in [1.807, 2.05) is 6.07 Å². The van der Waals surface area contributed by atoms with Crippen LogP contribution in [0.5, 0.6) is 23.0 Å². The van der Waals surface area contributed by atoms with E-state index in [0.29, 0.717) is 0 Å². The molecule has 166 valence electrons. The average Bonchev–Trinajstić information content (AvgIpc) is 2.79. The van der Waals surface area contributed by atoms with Gasteiger partial charge in [0.25, 0.3) is 0 Å². The Labute approximate surface area is 190 Å². The summed E-state index contributed by atoms with van der Waals surface area (Å²) in [4.78, 5) is 0. The summed E-state index contributed by atoms with van der Waals surface area (Å²) in [6.45, 7) is 3.14. The van der Waals surface area contributed by atoms with E-state index >= 15 is 0 Å². The largest absolute Gasteiger partial charge is 1.00 e. The van der Waals surface area contributed by atoms with Crippen molar-refractivity contribution in [2.45, 2.75) is 39.2 Å². The van der Waals surface area contributed by atoms with Gasteiger partial charge >= 0.3 is 0 Å². The smallest absolute Gasteiger partial charge is 0.216 e. The molecule has 0 amide bonds. The number of rotatable bonds is 7. The van der Waals surface area contributed by atoms with Gasteiger partial charge in [0, 0.05) is 17.4 Å². The van der Waals surface area contributed by atoms with Crippen LogP contribution >= 0.6 is 0 Å². The average molecular weight is 444 g/mol. The molecule has 3 aromatic rings. The van der Waals surface area contributed by atoms with E-state index in [9.17, 15) is 0 Å². The van der Waals surface area contributed by atoms with Gasteiger partial charge in [0.1, 0.15) is 0 Å². The van der Waals surface area contributed by atoms with Gasteiger partial charge in [-0.2, -0.15) is 4.57 Å². The Morgan fingerprint density at radius 2 is 1.58 bits per heavy atom. The standard InChI is InChI=1S/C25H30NO4.ClH/c1-6-7-8-18-17-9-10-21(27-2)25(30-5)20(17)15-26-12-11-16-13-22(28-3)23(29-4)14-19(16)24(18)26;/h9-10,13-15H,6-8,11-12H2,1-5H3;1H/q+1;/p-1. The quantitative estimate of drug-likeness (QED) is 0.521. The van der Waals surface area contributed by atoms with Crippen LogP contribution in [0.1, 0.15) is 30.9 Å². The Kier molecular flexibility index (Phi) is 7.16. The first-order valence-electron chi connectivity index (χ1n) is 10.5. The van der Waals surface area contributed by atoms with Crippen LogP contribution in [-0.4, -0.2) is 28.4 Å². The third-order valence-electron chi connectivity index (χ3n) is 6.03. The fraction of sp³-hybridized carbons (Fsp3) is 0.400. The Balaban J connectivity index is 0.00000272. The molecule has 2 aromatic carbocycles. The molecule has 5 nitrogen and oxygen atoms in total. The Morgan fingerprint density at radius 1 is 0.871 bits per heavy atom. The minimum absolute atomic E-state index is 0. The fourth-order valence-electron chi connectivity index (χ4n) is 4.55. The SMILES string of the molecule is CCCCc1c2[n+](cc3c(OC)c(OC)ccc13)CCc1cc(OC)c(OC)cc1-2.[Cl-]. The normalized spacial score (nSPS) is 11.9. The number of methoxy groups -OCH3 is 4. The lowest BCUT2D eigenvalue weighted by Gasteiger charge is -2.22. The zero-order valence-corrected chi connectivity index (χ0v) is 19.6. The Bertz CT molecular complexity index is 1100. The van der Waals surface area contributed by atoms with Crippen LogP contribution in [0.15, 0.2) is 30.5 Å². The number of unbranched alkanes of at least 4 members (excludes halogenated alkanes) is 1. The monoisotopic (exact) mass is 443 g/mol. The van der Waals surface area contributed by atoms with Crippen molar-refractivity contribution in [2.24, 2.45) is 0 Å². The molecule has 0 N–H and O–H groups in total. The van der Waals surface area contributed by atoms with Gasteiger partial charge in [-0.15, -0.1) is 0 Å². The molecule has 0 radical (unpaired) electrons. The van der Waals surface area contributed by atoms with Crippen molar-refractivity contribution in [2.75, 3.05) is 28.4 Å². The number of aromatic nitrogens is 1. The number of aryl methyl sites for hydroxylation is 3. The van der Waals surface area contributed by atoms with E-state index in [4.69, 9.17) is 18.9 Å². The van der Waals surface area contributed by atoms with Crippen LogP contribution in [0.3, 0.4) is 0 Å². The van der Waals surface area contributed by atoms with Crippen LogP contribution in [0.25, 0.3) is 22.0 Å². The van der Waals surface area contributed by atoms with Crippen LogP contribution in [0, 0.1) is 0 Å². The molecule has 6 heteroatoms. The molecular formula is C25H30ClNO4. The fourth-order valence-corrected chi connectivity index (χ4v) is 4.55. The lowest BCUT2D eigenvalue weighted by molar-refractivity contribution is -0.686. The summed E-state index contributed by atoms with van der Waals surface area (Å²) in [6, 6.07) is 8.42. The number of hydrogen-bond acceptors (Lipinski definition) is 4. The Hall–Kier alpha value is -2.66. The highest BCUT2D eigenvalue weighted by atomic mass is 35.5. The molecule has 0 saturated carbocycles. The first-order valence-corrected chi connectivity index (χ1v) is 10.5. The van der Waals surface area contributed by atoms with E-state index in [-0.39, 0.29) is 12.4 Å². The third-order valence-corrected chi connectivity index (χ3v) is 6.03. The second kappa shape index (κ2) is 9.65. The number of pyridine rings is 1. The van der Waals surface area contributed by atoms with Gasteiger partial charge in [0.2, 0.25) is 5.69 Å². The number of fused-ring (bicyclic) bond motifs is 4. The highest BCUT2D eigenvalue weighted by Gasteiger charge is 2.31. The van der Waals surface area contributed by atoms with Crippen molar-refractivity contribution in [3.63, 3.8) is 0 Å². The number of benzene rings is 2. The van der Waals surface area contributed by atoms with Crippen molar-refractivity contribution in [1.82, 2.24) is 0 Å². The van der Waals surface area contributed by atoms with E-state index in [1.165, 1.54) is 27.8 Å². The lowest BCUT2D eigenvalue weighted by atomic mass is 9.89. The molecule has 0 atom stereocenters. The van der Waals surface area contributed by atoms with Gasteiger partial charge in [-0.25, -0.2) is 0 Å². The highest BCUT2D eigenvalue weighted by molar-refractivity contribution is 5.95. The zero-order valence-electron chi connectivity index (χ0n) is 18.9. The minimum Gasteiger partial charge on any atom is -1.00 e. The van der Waals surface area contributed by atoms with Crippen LogP contribution in [0.2, 0.25) is 0 Å². The van der Waals surface area contributed by atoms with Crippen LogP contribution in [0.4, 0.5) is 0 Å². The molecule has 0 saturated heterocycles. The summed E-state index contributed by atoms with van der Waals surface area (Å²) < 4.78 is 24.9. The summed E-state index contributed by atoms with van der Waals surface area (Å²) in [5.74, 6) is 3.10. The zero-order chi connectivity index (χ0) is 21.3. The molecule has 0 fully saturated rings. The van der Waals surface area contributed by atoms with Gasteiger partial charge in [0.05, 0.1) is 39.4 Å². The predicted octanol–water partition coefficient (Wildman–Crippen LogP) is 1.73. The van der Waals surface area contributed by atoms with Crippen molar-refractivity contribution in [3.8, 4) is 34.3 Å². The highest BCUT2D eigenvalue weighted by Crippen LogP contribution is 2.42. The lowest BCUT2D eigenvalue weighted by Crippen LogP contribution is -3.00. The maximum absolute atomic E-state index is 5.76. The topological polar surface area (TPSA) is 40.8 Å². The molecule has 1 aliphatic rings. The maximum Gasteiger partial charge on any atom is 0.216 e. The van der Waals surface area contributed by atoms with Gasteiger partial charge in [-0.3, -0.25) is 0 Å². The van der Waals surface area contributed by atoms with Crippen molar-refractivity contribution in [1.29, 1.82) is 0 Å². The van der Waals surface area contributed by atoms with Gasteiger partial charge in [-0.1, -0.05) is 13.3 Å². The van der Waals surface area contributed by atoms with Crippen molar-refractivity contribution in [3.05, 3.63) is 41.6 Å². The summed E-state index contributed by atoms with van der Waals surface area (Å²) in [5, 5.41) is 2.31. The molecular weight excluding hydrogens is 414 g/mol. The van der Waals surface area contributed by atoms with E-state index < -0.39 is 0 Å². The van der Waals surface area contributed by atoms with Gasteiger partial charge in [-0.05, 0) is 42.7 Å². The Morgan fingerprint density at radius 3 is 2.23 bits per heavy atom. The molecule has 4 rings (SSSR count). The number of halogens is 1. The molecule has 1 aromatic heterocycles. The number of hydrogen-bond donors (Lipinski definition) is 0. The molecule has 2 heterocycles. The summed E-state index contributed by atoms with van der Waals surface area (Å²) in [7, 11) is 6.77. The molecule has 0 bridgehead atoms. The molecule has 31 heavy (non-hydrogen) atoms. The van der Waals surface area contributed by atoms with Gasteiger partial charge < -0.3 is 31.4 Å². The number of nitrogens with zero attached hydrogens (tertiary/aromatic N) is 1. The minimum atomic E-state index is 0.